The second-order valence-electron chi connectivity index (χ2n) is 3.49. The zero-order valence-electron chi connectivity index (χ0n) is 9.23. The van der Waals surface area contributed by atoms with Crippen molar-refractivity contribution in [3.05, 3.63) is 23.8 Å². The lowest BCUT2D eigenvalue weighted by Crippen LogP contribution is -2.31. The van der Waals surface area contributed by atoms with E-state index in [0.717, 1.165) is 6.07 Å². The molecule has 1 atom stereocenters. The van der Waals surface area contributed by atoms with E-state index < -0.39 is 0 Å². The molecule has 0 radical (unpaired) electrons. The molecule has 5 heteroatoms. The van der Waals surface area contributed by atoms with Crippen LogP contribution in [0.15, 0.2) is 18.2 Å². The van der Waals surface area contributed by atoms with Crippen molar-refractivity contribution in [3.63, 3.8) is 0 Å². The third kappa shape index (κ3) is 3.43. The number of ether oxygens (including phenoxy) is 1. The Balaban J connectivity index is 2.66. The van der Waals surface area contributed by atoms with Gasteiger partial charge in [0.25, 0.3) is 5.91 Å². The molecule has 88 valence electrons. The number of nitrogens with one attached hydrogen (secondary N) is 1. The van der Waals surface area contributed by atoms with Crippen molar-refractivity contribution in [2.75, 3.05) is 13.7 Å². The molecule has 1 rings (SSSR count). The summed E-state index contributed by atoms with van der Waals surface area (Å²) in [5.41, 5.74) is 0.209. The highest BCUT2D eigenvalue weighted by atomic mass is 16.5. The van der Waals surface area contributed by atoms with Gasteiger partial charge in [-0.3, -0.25) is 4.79 Å². The fourth-order valence-electron chi connectivity index (χ4n) is 1.15. The Labute approximate surface area is 93.7 Å². The molecule has 0 fully saturated rings. The Morgan fingerprint density at radius 2 is 1.94 bits per heavy atom. The van der Waals surface area contributed by atoms with Crippen LogP contribution in [0.5, 0.6) is 11.5 Å². The molecule has 0 bridgehead atoms. The zero-order valence-corrected chi connectivity index (χ0v) is 9.23. The molecule has 0 aliphatic heterocycles. The molecular formula is C11H15NO4. The number of amides is 1. The minimum Gasteiger partial charge on any atom is -0.508 e. The number of aromatic hydroxyl groups is 2. The lowest BCUT2D eigenvalue weighted by Gasteiger charge is -2.10. The number of hydrogen-bond acceptors (Lipinski definition) is 4. The van der Waals surface area contributed by atoms with Crippen molar-refractivity contribution >= 4 is 5.91 Å². The smallest absolute Gasteiger partial charge is 0.251 e. The van der Waals surface area contributed by atoms with Gasteiger partial charge in [0.2, 0.25) is 0 Å². The molecule has 0 saturated heterocycles. The van der Waals surface area contributed by atoms with Crippen LogP contribution in [0.3, 0.4) is 0 Å². The number of carbonyl (C=O) groups is 1. The highest BCUT2D eigenvalue weighted by molar-refractivity contribution is 5.95. The predicted octanol–water partition coefficient (Wildman–Crippen LogP) is 0.862. The molecule has 1 aromatic rings. The minimum atomic E-state index is -0.366. The maximum absolute atomic E-state index is 11.6. The van der Waals surface area contributed by atoms with Gasteiger partial charge in [-0.2, -0.15) is 0 Å². The Hall–Kier alpha value is -1.75. The molecule has 0 aliphatic carbocycles. The van der Waals surface area contributed by atoms with E-state index >= 15 is 0 Å². The van der Waals surface area contributed by atoms with Crippen molar-refractivity contribution in [1.29, 1.82) is 0 Å². The SMILES string of the molecule is COC(C)CNC(=O)c1cc(O)cc(O)c1. The summed E-state index contributed by atoms with van der Waals surface area (Å²) in [4.78, 5) is 11.6. The first-order chi connectivity index (χ1) is 7.52. The van der Waals surface area contributed by atoms with Crippen LogP contribution in [0, 0.1) is 0 Å². The highest BCUT2D eigenvalue weighted by Gasteiger charge is 2.09. The monoisotopic (exact) mass is 225 g/mol. The summed E-state index contributed by atoms with van der Waals surface area (Å²) in [6.45, 7) is 2.19. The van der Waals surface area contributed by atoms with Gasteiger partial charge in [0.1, 0.15) is 11.5 Å². The van der Waals surface area contributed by atoms with Crippen LogP contribution in [0.2, 0.25) is 0 Å². The molecule has 0 aromatic heterocycles. The lowest BCUT2D eigenvalue weighted by molar-refractivity contribution is 0.0870. The van der Waals surface area contributed by atoms with Gasteiger partial charge in [-0.05, 0) is 19.1 Å². The molecule has 1 unspecified atom stereocenters. The quantitative estimate of drug-likeness (QED) is 0.710. The van der Waals surface area contributed by atoms with Crippen molar-refractivity contribution in [2.45, 2.75) is 13.0 Å². The highest BCUT2D eigenvalue weighted by Crippen LogP contribution is 2.20. The van der Waals surface area contributed by atoms with Gasteiger partial charge < -0.3 is 20.3 Å². The molecule has 1 amide bonds. The van der Waals surface area contributed by atoms with Gasteiger partial charge >= 0.3 is 0 Å². The van der Waals surface area contributed by atoms with Crippen LogP contribution in [-0.4, -0.2) is 35.9 Å². The number of methoxy groups -OCH3 is 1. The van der Waals surface area contributed by atoms with Gasteiger partial charge in [-0.1, -0.05) is 0 Å². The maximum atomic E-state index is 11.6. The zero-order chi connectivity index (χ0) is 12.1. The summed E-state index contributed by atoms with van der Waals surface area (Å²) in [5.74, 6) is -0.662. The van der Waals surface area contributed by atoms with Gasteiger partial charge in [-0.25, -0.2) is 0 Å². The van der Waals surface area contributed by atoms with Crippen molar-refractivity contribution in [3.8, 4) is 11.5 Å². The number of rotatable bonds is 4. The molecular weight excluding hydrogens is 210 g/mol. The van der Waals surface area contributed by atoms with Gasteiger partial charge in [0.05, 0.1) is 6.10 Å². The largest absolute Gasteiger partial charge is 0.508 e. The fraction of sp³-hybridized carbons (Fsp3) is 0.364. The van der Waals surface area contributed by atoms with E-state index in [1.165, 1.54) is 12.1 Å². The van der Waals surface area contributed by atoms with Crippen LogP contribution >= 0.6 is 0 Å². The van der Waals surface area contributed by atoms with E-state index in [1.807, 2.05) is 6.92 Å². The summed E-state index contributed by atoms with van der Waals surface area (Å²) in [6, 6.07) is 3.73. The number of carbonyl (C=O) groups excluding carboxylic acids is 1. The Morgan fingerprint density at radius 3 is 2.44 bits per heavy atom. The topological polar surface area (TPSA) is 78.8 Å². The number of phenolic OH excluding ortho intramolecular Hbond substituents is 2. The minimum absolute atomic E-state index is 0.0881. The second-order valence-corrected chi connectivity index (χ2v) is 3.49. The Morgan fingerprint density at radius 1 is 1.38 bits per heavy atom. The van der Waals surface area contributed by atoms with Gasteiger partial charge in [0, 0.05) is 25.3 Å². The molecule has 0 spiro atoms. The van der Waals surface area contributed by atoms with E-state index in [1.54, 1.807) is 7.11 Å². The van der Waals surface area contributed by atoms with Crippen LogP contribution in [0.1, 0.15) is 17.3 Å². The molecule has 16 heavy (non-hydrogen) atoms. The van der Waals surface area contributed by atoms with Gasteiger partial charge in [-0.15, -0.1) is 0 Å². The number of phenols is 2. The van der Waals surface area contributed by atoms with Crippen molar-refractivity contribution < 1.29 is 19.7 Å². The number of benzene rings is 1. The van der Waals surface area contributed by atoms with E-state index in [4.69, 9.17) is 4.74 Å². The third-order valence-electron chi connectivity index (χ3n) is 2.12. The first kappa shape index (κ1) is 12.3. The normalized spacial score (nSPS) is 12.1. The van der Waals surface area contributed by atoms with E-state index in [0.29, 0.717) is 6.54 Å². The van der Waals surface area contributed by atoms with E-state index in [2.05, 4.69) is 5.32 Å². The number of hydrogen-bond donors (Lipinski definition) is 3. The Kier molecular flexibility index (Phi) is 4.13. The first-order valence-corrected chi connectivity index (χ1v) is 4.87. The summed E-state index contributed by atoms with van der Waals surface area (Å²) in [5, 5.41) is 21.0. The third-order valence-corrected chi connectivity index (χ3v) is 2.12. The summed E-state index contributed by atoms with van der Waals surface area (Å²) in [7, 11) is 1.55. The summed E-state index contributed by atoms with van der Waals surface area (Å²) < 4.78 is 4.97. The molecule has 0 aliphatic rings. The van der Waals surface area contributed by atoms with E-state index in [-0.39, 0.29) is 29.1 Å². The second kappa shape index (κ2) is 5.37. The summed E-state index contributed by atoms with van der Waals surface area (Å²) >= 11 is 0. The molecule has 0 saturated carbocycles. The average molecular weight is 225 g/mol. The fourth-order valence-corrected chi connectivity index (χ4v) is 1.15. The molecule has 3 N–H and O–H groups in total. The summed E-state index contributed by atoms with van der Waals surface area (Å²) in [6.07, 6.45) is -0.0881. The lowest BCUT2D eigenvalue weighted by atomic mass is 10.2. The van der Waals surface area contributed by atoms with Crippen molar-refractivity contribution in [2.24, 2.45) is 0 Å². The van der Waals surface area contributed by atoms with Crippen LogP contribution in [0.25, 0.3) is 0 Å². The van der Waals surface area contributed by atoms with Crippen LogP contribution < -0.4 is 5.32 Å². The molecule has 0 heterocycles. The molecule has 5 nitrogen and oxygen atoms in total. The van der Waals surface area contributed by atoms with Crippen molar-refractivity contribution in [1.82, 2.24) is 5.32 Å². The average Bonchev–Trinajstić information content (AvgIpc) is 2.23. The van der Waals surface area contributed by atoms with Crippen LogP contribution in [-0.2, 0) is 4.74 Å². The maximum Gasteiger partial charge on any atom is 0.251 e. The molecule has 1 aromatic carbocycles. The Bertz CT molecular complexity index is 358. The van der Waals surface area contributed by atoms with Gasteiger partial charge in [0.15, 0.2) is 0 Å². The first-order valence-electron chi connectivity index (χ1n) is 4.87. The predicted molar refractivity (Wildman–Crippen MR) is 58.6 cm³/mol. The van der Waals surface area contributed by atoms with E-state index in [9.17, 15) is 15.0 Å². The standard InChI is InChI=1S/C11H15NO4/c1-7(16-2)6-12-11(15)8-3-9(13)5-10(14)4-8/h3-5,7,13-14H,6H2,1-2H3,(H,12,15). The van der Waals surface area contributed by atoms with Crippen LogP contribution in [0.4, 0.5) is 0 Å².